The number of halogens is 4. The van der Waals surface area contributed by atoms with Crippen molar-refractivity contribution in [1.29, 1.82) is 0 Å². The minimum absolute atomic E-state index is 0.00566. The smallest absolute Gasteiger partial charge is 0.369 e. The average molecular weight is 728 g/mol. The van der Waals surface area contributed by atoms with Crippen molar-refractivity contribution in [1.82, 2.24) is 31.4 Å². The van der Waals surface area contributed by atoms with Crippen molar-refractivity contribution < 1.29 is 46.1 Å². The van der Waals surface area contributed by atoms with Gasteiger partial charge in [-0.05, 0) is 81.9 Å². The van der Waals surface area contributed by atoms with Crippen LogP contribution in [0.15, 0.2) is 70.0 Å². The number of aromatic nitrogens is 2. The molecule has 2 saturated heterocycles. The lowest BCUT2D eigenvalue weighted by molar-refractivity contribution is -0.123. The number of amides is 7. The third kappa shape index (κ3) is 4.89. The topological polar surface area (TPSA) is 218 Å². The fourth-order valence-corrected chi connectivity index (χ4v) is 7.59. The molecule has 14 nitrogen and oxygen atoms in total. The van der Waals surface area contributed by atoms with Crippen molar-refractivity contribution in [3.8, 4) is 22.3 Å². The van der Waals surface area contributed by atoms with Crippen LogP contribution in [0.2, 0.25) is 0 Å². The van der Waals surface area contributed by atoms with Crippen LogP contribution in [-0.4, -0.2) is 39.9 Å². The van der Waals surface area contributed by atoms with E-state index in [-0.39, 0.29) is 46.5 Å². The molecule has 0 radical (unpaired) electrons. The number of rotatable bonds is 4. The molecule has 7 amide bonds. The van der Waals surface area contributed by atoms with Crippen molar-refractivity contribution in [3.63, 3.8) is 0 Å². The Bertz CT molecular complexity index is 2590. The number of primary amides is 1. The molecular weight excluding hydrogens is 706 g/mol. The van der Waals surface area contributed by atoms with Gasteiger partial charge in [-0.2, -0.15) is 0 Å². The Morgan fingerprint density at radius 3 is 1.57 bits per heavy atom. The second-order valence-corrected chi connectivity index (χ2v) is 12.5. The fraction of sp³-hybridized carbons (Fsp3) is 0.114. The molecule has 2 unspecified atom stereocenters. The Morgan fingerprint density at radius 2 is 1.13 bits per heavy atom. The maximum Gasteiger partial charge on any atom is 0.438 e. The molecule has 2 fully saturated rings. The highest BCUT2D eigenvalue weighted by atomic mass is 19.1. The number of urea groups is 2. The number of hydrogen-bond donors (Lipinski definition) is 6. The van der Waals surface area contributed by atoms with Crippen molar-refractivity contribution in [2.45, 2.75) is 23.9 Å². The second kappa shape index (κ2) is 11.5. The predicted octanol–water partition coefficient (Wildman–Crippen LogP) is 2.35. The zero-order valence-electron chi connectivity index (χ0n) is 26.6. The van der Waals surface area contributed by atoms with Crippen LogP contribution in [0.1, 0.15) is 39.2 Å². The molecule has 18 heteroatoms. The van der Waals surface area contributed by atoms with E-state index in [9.17, 15) is 46.3 Å². The monoisotopic (exact) mass is 727 g/mol. The summed E-state index contributed by atoms with van der Waals surface area (Å²) in [6, 6.07) is 10.6. The molecule has 4 aliphatic rings. The fourth-order valence-electron chi connectivity index (χ4n) is 7.59. The Kier molecular flexibility index (Phi) is 7.14. The van der Waals surface area contributed by atoms with Gasteiger partial charge in [0.2, 0.25) is 5.91 Å². The van der Waals surface area contributed by atoms with E-state index in [4.69, 9.17) is 5.73 Å². The standard InChI is InChI=1S/C18H10F2N4O4.C17H11F2N3O3/c19-8-1-2-10-11(5-8)18(15(25)22-16(26)23-18)12-6-9(20)3-7(14(10)12)4-13-21-17(27)28-24-13;18-8-1-2-10-11(5-8)17(15(24)21-16(25)22-17)12-6-9(19)3-7(14(10)12)4-13(20)23/h1-3,5-6H,4H2,(H,21,24,27)(H2,22,23,25,26);1-3,5-6H,4H2,(H2,20,23)(H2,21,22,24,25). The van der Waals surface area contributed by atoms with Gasteiger partial charge in [0.1, 0.15) is 23.3 Å². The molecule has 2 spiro atoms. The van der Waals surface area contributed by atoms with Gasteiger partial charge in [0.15, 0.2) is 16.9 Å². The highest BCUT2D eigenvalue weighted by Gasteiger charge is 2.57. The lowest BCUT2D eigenvalue weighted by Gasteiger charge is -2.23. The van der Waals surface area contributed by atoms with Gasteiger partial charge < -0.3 is 16.4 Å². The summed E-state index contributed by atoms with van der Waals surface area (Å²) in [5, 5.41) is 12.8. The van der Waals surface area contributed by atoms with Gasteiger partial charge in [-0.1, -0.05) is 17.3 Å². The van der Waals surface area contributed by atoms with E-state index in [1.807, 2.05) is 0 Å². The molecule has 2 aliphatic heterocycles. The zero-order valence-corrected chi connectivity index (χ0v) is 26.6. The summed E-state index contributed by atoms with van der Waals surface area (Å²) in [6.45, 7) is 0. The molecule has 5 aromatic rings. The molecule has 0 saturated carbocycles. The quantitative estimate of drug-likeness (QED) is 0.119. The summed E-state index contributed by atoms with van der Waals surface area (Å²) in [5.74, 6) is -5.34. The number of carbonyl (C=O) groups is 5. The number of nitrogens with one attached hydrogen (secondary N) is 5. The molecule has 1 aromatic heterocycles. The van der Waals surface area contributed by atoms with E-state index in [0.717, 1.165) is 30.3 Å². The number of hydrogen-bond acceptors (Lipinski definition) is 8. The summed E-state index contributed by atoms with van der Waals surface area (Å²) in [6.07, 6.45) is -0.267. The Hall–Kier alpha value is -7.11. The van der Waals surface area contributed by atoms with Crippen molar-refractivity contribution >= 4 is 29.8 Å². The molecule has 9 rings (SSSR count). The van der Waals surface area contributed by atoms with Gasteiger partial charge in [-0.25, -0.2) is 31.9 Å². The molecule has 2 aliphatic carbocycles. The molecule has 2 atom stereocenters. The molecular formula is C35H21F4N7O7. The maximum atomic E-state index is 14.5. The summed E-state index contributed by atoms with van der Waals surface area (Å²) < 4.78 is 60.9. The van der Waals surface area contributed by atoms with Crippen molar-refractivity contribution in [3.05, 3.63) is 134 Å². The van der Waals surface area contributed by atoms with Gasteiger partial charge in [-0.15, -0.1) is 0 Å². The van der Waals surface area contributed by atoms with Crippen LogP contribution in [0, 0.1) is 23.3 Å². The van der Waals surface area contributed by atoms with Gasteiger partial charge >= 0.3 is 17.8 Å². The second-order valence-electron chi connectivity index (χ2n) is 12.5. The van der Waals surface area contributed by atoms with Crippen LogP contribution in [-0.2, 0) is 38.3 Å². The average Bonchev–Trinajstić information content (AvgIpc) is 3.84. The number of H-pyrrole nitrogens is 1. The molecule has 53 heavy (non-hydrogen) atoms. The number of imide groups is 2. The summed E-state index contributed by atoms with van der Waals surface area (Å²) in [4.78, 5) is 73.9. The first-order valence-electron chi connectivity index (χ1n) is 15.6. The van der Waals surface area contributed by atoms with Crippen LogP contribution in [0.4, 0.5) is 27.2 Å². The largest absolute Gasteiger partial charge is 0.438 e. The number of benzene rings is 4. The first kappa shape index (κ1) is 33.1. The van der Waals surface area contributed by atoms with E-state index >= 15 is 0 Å². The minimum Gasteiger partial charge on any atom is -0.369 e. The highest BCUT2D eigenvalue weighted by Crippen LogP contribution is 2.52. The number of nitrogens with two attached hydrogens (primary N) is 1. The lowest BCUT2D eigenvalue weighted by atomic mass is 9.87. The van der Waals surface area contributed by atoms with E-state index in [2.05, 4.69) is 35.9 Å². The van der Waals surface area contributed by atoms with Crippen LogP contribution >= 0.6 is 0 Å². The molecule has 266 valence electrons. The van der Waals surface area contributed by atoms with Gasteiger partial charge in [0, 0.05) is 28.7 Å². The highest BCUT2D eigenvalue weighted by molar-refractivity contribution is 6.14. The predicted molar refractivity (Wildman–Crippen MR) is 171 cm³/mol. The van der Waals surface area contributed by atoms with Crippen LogP contribution < -0.4 is 32.8 Å². The number of carbonyl (C=O) groups excluding carboxylic acids is 5. The van der Waals surface area contributed by atoms with Gasteiger partial charge in [0.05, 0.1) is 6.42 Å². The zero-order chi connectivity index (χ0) is 37.6. The molecule has 7 N–H and O–H groups in total. The van der Waals surface area contributed by atoms with Crippen molar-refractivity contribution in [2.24, 2.45) is 5.73 Å². The number of nitrogens with zero attached hydrogens (tertiary/aromatic N) is 1. The van der Waals surface area contributed by atoms with Gasteiger partial charge in [-0.3, -0.25) is 34.5 Å². The van der Waals surface area contributed by atoms with E-state index in [1.165, 1.54) is 30.3 Å². The Morgan fingerprint density at radius 1 is 0.660 bits per heavy atom. The third-order valence-corrected chi connectivity index (χ3v) is 9.43. The van der Waals surface area contributed by atoms with Gasteiger partial charge in [0.25, 0.3) is 11.8 Å². The lowest BCUT2D eigenvalue weighted by Crippen LogP contribution is -2.43. The maximum absolute atomic E-state index is 14.5. The molecule has 4 aromatic carbocycles. The summed E-state index contributed by atoms with van der Waals surface area (Å²) in [5.41, 5.74) is 4.87. The Labute approximate surface area is 292 Å². The van der Waals surface area contributed by atoms with E-state index in [1.54, 1.807) is 0 Å². The van der Waals surface area contributed by atoms with Crippen LogP contribution in [0.25, 0.3) is 22.3 Å². The summed E-state index contributed by atoms with van der Waals surface area (Å²) in [7, 11) is 0. The Balaban J connectivity index is 0.000000152. The van der Waals surface area contributed by atoms with Crippen LogP contribution in [0.5, 0.6) is 0 Å². The van der Waals surface area contributed by atoms with Crippen molar-refractivity contribution in [2.75, 3.05) is 0 Å². The molecule has 0 bridgehead atoms. The normalized spacial score (nSPS) is 19.8. The number of aromatic amines is 1. The minimum atomic E-state index is -1.74. The SMILES string of the molecule is NC(=O)Cc1cc(F)cc2c1-c1ccc(F)cc1C21NC(=O)NC1=O.O=C1NC(=O)C2(N1)c1cc(F)ccc1-c1c(Cc3noc(=O)[nH]3)cc(F)cc12. The third-order valence-electron chi connectivity index (χ3n) is 9.43. The van der Waals surface area contributed by atoms with Crippen LogP contribution in [0.3, 0.4) is 0 Å². The van der Waals surface area contributed by atoms with E-state index < -0.39 is 69.9 Å². The number of fused-ring (bicyclic) bond motifs is 10. The summed E-state index contributed by atoms with van der Waals surface area (Å²) >= 11 is 0. The first-order chi connectivity index (χ1) is 25.2. The first-order valence-corrected chi connectivity index (χ1v) is 15.6. The molecule has 3 heterocycles. The van der Waals surface area contributed by atoms with E-state index in [0.29, 0.717) is 27.8 Å².